The fourth-order valence-electron chi connectivity index (χ4n) is 0.617. The lowest BCUT2D eigenvalue weighted by Gasteiger charge is -2.23. The average molecular weight is 132 g/mol. The molecule has 4 heteroatoms. The van der Waals surface area contributed by atoms with Gasteiger partial charge in [-0.1, -0.05) is 0 Å². The van der Waals surface area contributed by atoms with Gasteiger partial charge in [-0.3, -0.25) is 5.21 Å². The molecule has 8 heavy (non-hydrogen) atoms. The van der Waals surface area contributed by atoms with Crippen molar-refractivity contribution in [3.05, 3.63) is 0 Å². The third kappa shape index (κ3) is 1.08. The summed E-state index contributed by atoms with van der Waals surface area (Å²) in [6, 6.07) is 0. The lowest BCUT2D eigenvalue weighted by atomic mass is 10.4. The smallest absolute Gasteiger partial charge is 0.193 e. The van der Waals surface area contributed by atoms with Crippen molar-refractivity contribution >= 4 is 17.3 Å². The first kappa shape index (κ1) is 5.78. The van der Waals surface area contributed by atoms with Crippen molar-refractivity contribution in [2.45, 2.75) is 6.42 Å². The van der Waals surface area contributed by atoms with Gasteiger partial charge in [-0.15, -0.1) is 0 Å². The molecule has 1 heterocycles. The lowest BCUT2D eigenvalue weighted by molar-refractivity contribution is -0.0225. The minimum atomic E-state index is 0.441. The van der Waals surface area contributed by atoms with Gasteiger partial charge in [-0.2, -0.15) is 0 Å². The van der Waals surface area contributed by atoms with Crippen molar-refractivity contribution < 1.29 is 5.21 Å². The molecular weight excluding hydrogens is 124 g/mol. The SMILES string of the molecule is ON1CCCNC1=S. The molecule has 2 N–H and O–H groups in total. The van der Waals surface area contributed by atoms with Gasteiger partial charge in [0.2, 0.25) is 0 Å². The highest BCUT2D eigenvalue weighted by Gasteiger charge is 2.09. The fourth-order valence-corrected chi connectivity index (χ4v) is 0.810. The highest BCUT2D eigenvalue weighted by molar-refractivity contribution is 7.80. The number of nitrogens with zero attached hydrogens (tertiary/aromatic N) is 1. The number of hydrogen-bond donors (Lipinski definition) is 2. The average Bonchev–Trinajstić information content (AvgIpc) is 1.77. The highest BCUT2D eigenvalue weighted by atomic mass is 32.1. The van der Waals surface area contributed by atoms with Gasteiger partial charge in [0, 0.05) is 13.1 Å². The summed E-state index contributed by atoms with van der Waals surface area (Å²) in [7, 11) is 0. The van der Waals surface area contributed by atoms with Crippen LogP contribution in [0.15, 0.2) is 0 Å². The summed E-state index contributed by atoms with van der Waals surface area (Å²) in [5, 5.41) is 13.1. The molecule has 0 aromatic carbocycles. The van der Waals surface area contributed by atoms with Gasteiger partial charge in [0.15, 0.2) is 5.11 Å². The van der Waals surface area contributed by atoms with E-state index in [0.29, 0.717) is 11.7 Å². The molecule has 0 atom stereocenters. The predicted molar refractivity (Wildman–Crippen MR) is 33.7 cm³/mol. The normalized spacial score (nSPS) is 20.6. The number of thiocarbonyl (C=S) groups is 1. The number of hydroxylamine groups is 2. The van der Waals surface area contributed by atoms with Crippen molar-refractivity contribution in [2.75, 3.05) is 13.1 Å². The van der Waals surface area contributed by atoms with E-state index < -0.39 is 0 Å². The molecule has 1 aliphatic heterocycles. The van der Waals surface area contributed by atoms with Crippen molar-refractivity contribution in [1.82, 2.24) is 10.4 Å². The largest absolute Gasteiger partial charge is 0.361 e. The molecule has 3 nitrogen and oxygen atoms in total. The van der Waals surface area contributed by atoms with E-state index in [-0.39, 0.29) is 0 Å². The molecule has 0 spiro atoms. The molecular formula is C4H8N2OS. The minimum absolute atomic E-state index is 0.441. The van der Waals surface area contributed by atoms with Crippen LogP contribution in [0.1, 0.15) is 6.42 Å². The second kappa shape index (κ2) is 2.28. The van der Waals surface area contributed by atoms with Gasteiger partial charge in [0.05, 0.1) is 0 Å². The third-order valence-corrected chi connectivity index (χ3v) is 1.41. The highest BCUT2D eigenvalue weighted by Crippen LogP contribution is 1.93. The van der Waals surface area contributed by atoms with Crippen LogP contribution >= 0.6 is 12.2 Å². The van der Waals surface area contributed by atoms with Crippen LogP contribution in [-0.2, 0) is 0 Å². The molecule has 1 rings (SSSR count). The first-order valence-electron chi connectivity index (χ1n) is 2.55. The maximum atomic E-state index is 8.81. The standard InChI is InChI=1S/C4H8N2OS/c7-6-3-1-2-5-4(6)8/h7H,1-3H2,(H,5,8). The van der Waals surface area contributed by atoms with Gasteiger partial charge >= 0.3 is 0 Å². The Labute approximate surface area is 53.2 Å². The Morgan fingerprint density at radius 3 is 2.88 bits per heavy atom. The Kier molecular flexibility index (Phi) is 1.65. The molecule has 1 saturated heterocycles. The molecule has 0 aromatic rings. The maximum absolute atomic E-state index is 8.81. The first-order valence-corrected chi connectivity index (χ1v) is 2.96. The van der Waals surface area contributed by atoms with Crippen LogP contribution in [0.25, 0.3) is 0 Å². The van der Waals surface area contributed by atoms with Gasteiger partial charge in [0.25, 0.3) is 0 Å². The van der Waals surface area contributed by atoms with E-state index in [1.807, 2.05) is 0 Å². The third-order valence-electron chi connectivity index (χ3n) is 1.06. The Hall–Kier alpha value is -0.350. The molecule has 1 fully saturated rings. The zero-order chi connectivity index (χ0) is 5.98. The number of hydrogen-bond acceptors (Lipinski definition) is 2. The zero-order valence-corrected chi connectivity index (χ0v) is 5.24. The van der Waals surface area contributed by atoms with Crippen molar-refractivity contribution in [3.8, 4) is 0 Å². The summed E-state index contributed by atoms with van der Waals surface area (Å²) >= 11 is 4.69. The van der Waals surface area contributed by atoms with E-state index in [9.17, 15) is 0 Å². The van der Waals surface area contributed by atoms with E-state index in [1.165, 1.54) is 0 Å². The minimum Gasteiger partial charge on any atom is -0.361 e. The summed E-state index contributed by atoms with van der Waals surface area (Å²) in [5.74, 6) is 0. The van der Waals surface area contributed by atoms with Crippen LogP contribution in [0.5, 0.6) is 0 Å². The van der Waals surface area contributed by atoms with Crippen molar-refractivity contribution in [1.29, 1.82) is 0 Å². The summed E-state index contributed by atoms with van der Waals surface area (Å²) in [4.78, 5) is 0. The summed E-state index contributed by atoms with van der Waals surface area (Å²) in [6.45, 7) is 1.54. The second-order valence-corrected chi connectivity index (χ2v) is 2.10. The van der Waals surface area contributed by atoms with Crippen molar-refractivity contribution in [3.63, 3.8) is 0 Å². The molecule has 0 bridgehead atoms. The Morgan fingerprint density at radius 1 is 1.75 bits per heavy atom. The molecule has 0 aliphatic carbocycles. The molecule has 0 unspecified atom stereocenters. The Morgan fingerprint density at radius 2 is 2.50 bits per heavy atom. The molecule has 1 aliphatic rings. The Balaban J connectivity index is 2.39. The van der Waals surface area contributed by atoms with Crippen LogP contribution in [0, 0.1) is 0 Å². The summed E-state index contributed by atoms with van der Waals surface area (Å²) < 4.78 is 0. The lowest BCUT2D eigenvalue weighted by Crippen LogP contribution is -2.44. The van der Waals surface area contributed by atoms with Gasteiger partial charge < -0.3 is 5.32 Å². The van der Waals surface area contributed by atoms with Crippen LogP contribution in [-0.4, -0.2) is 28.5 Å². The monoisotopic (exact) mass is 132 g/mol. The number of nitrogens with one attached hydrogen (secondary N) is 1. The van der Waals surface area contributed by atoms with Gasteiger partial charge in [0.1, 0.15) is 0 Å². The van der Waals surface area contributed by atoms with Crippen LogP contribution in [0.2, 0.25) is 0 Å². The fraction of sp³-hybridized carbons (Fsp3) is 0.750. The molecule has 0 aromatic heterocycles. The topological polar surface area (TPSA) is 35.5 Å². The van der Waals surface area contributed by atoms with Gasteiger partial charge in [-0.05, 0) is 18.6 Å². The molecule has 0 saturated carbocycles. The van der Waals surface area contributed by atoms with E-state index in [2.05, 4.69) is 5.32 Å². The van der Waals surface area contributed by atoms with Crippen LogP contribution in [0.4, 0.5) is 0 Å². The van der Waals surface area contributed by atoms with Crippen LogP contribution in [0.3, 0.4) is 0 Å². The van der Waals surface area contributed by atoms with E-state index in [1.54, 1.807) is 0 Å². The van der Waals surface area contributed by atoms with E-state index in [4.69, 9.17) is 17.4 Å². The maximum Gasteiger partial charge on any atom is 0.193 e. The quantitative estimate of drug-likeness (QED) is 0.453. The predicted octanol–water partition coefficient (Wildman–Crippen LogP) is -0.0442. The van der Waals surface area contributed by atoms with Gasteiger partial charge in [-0.25, -0.2) is 5.06 Å². The van der Waals surface area contributed by atoms with Crippen molar-refractivity contribution in [2.24, 2.45) is 0 Å². The Bertz CT molecular complexity index is 106. The molecule has 0 radical (unpaired) electrons. The van der Waals surface area contributed by atoms with E-state index in [0.717, 1.165) is 18.0 Å². The number of rotatable bonds is 0. The zero-order valence-electron chi connectivity index (χ0n) is 4.42. The molecule has 46 valence electrons. The summed E-state index contributed by atoms with van der Waals surface area (Å²) in [5.41, 5.74) is 0. The molecule has 0 amide bonds. The first-order chi connectivity index (χ1) is 3.80. The van der Waals surface area contributed by atoms with E-state index >= 15 is 0 Å². The summed E-state index contributed by atoms with van der Waals surface area (Å²) in [6.07, 6.45) is 0.955. The second-order valence-electron chi connectivity index (χ2n) is 1.71. The van der Waals surface area contributed by atoms with Crippen LogP contribution < -0.4 is 5.32 Å².